The van der Waals surface area contributed by atoms with Gasteiger partial charge in [-0.25, -0.2) is 14.2 Å². The molecule has 9 nitrogen and oxygen atoms in total. The number of carbonyl (C=O) groups is 1. The molecule has 0 spiro atoms. The Morgan fingerprint density at radius 3 is 2.57 bits per heavy atom. The van der Waals surface area contributed by atoms with Crippen molar-refractivity contribution in [1.29, 1.82) is 0 Å². The van der Waals surface area contributed by atoms with Crippen LogP contribution in [0.2, 0.25) is 0 Å². The zero-order valence-electron chi connectivity index (χ0n) is 17.3. The van der Waals surface area contributed by atoms with Gasteiger partial charge in [-0.1, -0.05) is 30.3 Å². The summed E-state index contributed by atoms with van der Waals surface area (Å²) in [6.45, 7) is 4.09. The van der Waals surface area contributed by atoms with Gasteiger partial charge in [0.15, 0.2) is 11.2 Å². The quantitative estimate of drug-likeness (QED) is 0.465. The summed E-state index contributed by atoms with van der Waals surface area (Å²) in [4.78, 5) is 42.6. The van der Waals surface area contributed by atoms with Gasteiger partial charge >= 0.3 is 11.7 Å². The molecule has 4 rings (SSSR count). The van der Waals surface area contributed by atoms with Crippen molar-refractivity contribution in [3.05, 3.63) is 68.6 Å². The summed E-state index contributed by atoms with van der Waals surface area (Å²) < 4.78 is 10.6. The number of ether oxygens (including phenoxy) is 1. The van der Waals surface area contributed by atoms with Gasteiger partial charge in [-0.2, -0.15) is 4.98 Å². The molecule has 0 amide bonds. The van der Waals surface area contributed by atoms with Gasteiger partial charge < -0.3 is 9.30 Å². The summed E-state index contributed by atoms with van der Waals surface area (Å²) in [5.41, 5.74) is 1.49. The highest BCUT2D eigenvalue weighted by molar-refractivity contribution is 5.77. The van der Waals surface area contributed by atoms with Crippen molar-refractivity contribution in [2.24, 2.45) is 7.05 Å². The molecule has 30 heavy (non-hydrogen) atoms. The number of hydrogen-bond donors (Lipinski definition) is 0. The number of hydrogen-bond acceptors (Lipinski definition) is 5. The van der Waals surface area contributed by atoms with Gasteiger partial charge in [-0.3, -0.25) is 13.8 Å². The van der Waals surface area contributed by atoms with Crippen LogP contribution in [0.3, 0.4) is 0 Å². The second-order valence-corrected chi connectivity index (χ2v) is 7.33. The second kappa shape index (κ2) is 7.33. The van der Waals surface area contributed by atoms with Crippen LogP contribution in [0.5, 0.6) is 0 Å². The Balaban J connectivity index is 1.90. The van der Waals surface area contributed by atoms with E-state index in [-0.39, 0.29) is 11.2 Å². The fraction of sp³-hybridized carbons (Fsp3) is 0.333. The minimum atomic E-state index is -1.04. The van der Waals surface area contributed by atoms with E-state index < -0.39 is 23.3 Å². The summed E-state index contributed by atoms with van der Waals surface area (Å²) in [6, 6.07) is 9.06. The molecule has 0 saturated heterocycles. The molecule has 0 unspecified atom stereocenters. The third-order valence-electron chi connectivity index (χ3n) is 5.49. The van der Waals surface area contributed by atoms with Gasteiger partial charge in [-0.05, 0) is 25.8 Å². The minimum absolute atomic E-state index is 0.254. The van der Waals surface area contributed by atoms with Gasteiger partial charge in [0.05, 0.1) is 7.11 Å². The molecule has 4 aromatic rings. The lowest BCUT2D eigenvalue weighted by atomic mass is 10.1. The van der Waals surface area contributed by atoms with Crippen LogP contribution in [0.1, 0.15) is 24.2 Å². The molecule has 0 aliphatic rings. The van der Waals surface area contributed by atoms with Crippen LogP contribution in [0.4, 0.5) is 0 Å². The van der Waals surface area contributed by atoms with E-state index in [2.05, 4.69) is 17.1 Å². The SMILES string of the molecule is COC(=O)[C@@H](C)n1c(=O)c2c(nc3n(CCc4ccccc4)c(C)cn23)n(C)c1=O. The van der Waals surface area contributed by atoms with Crippen LogP contribution < -0.4 is 11.2 Å². The van der Waals surface area contributed by atoms with Crippen molar-refractivity contribution in [2.75, 3.05) is 7.11 Å². The van der Waals surface area contributed by atoms with E-state index in [0.29, 0.717) is 12.3 Å². The average molecular weight is 409 g/mol. The number of aromatic nitrogens is 5. The van der Waals surface area contributed by atoms with Crippen LogP contribution in [0, 0.1) is 6.92 Å². The monoisotopic (exact) mass is 409 g/mol. The first kappa shape index (κ1) is 19.7. The van der Waals surface area contributed by atoms with Crippen LogP contribution in [-0.4, -0.2) is 36.2 Å². The van der Waals surface area contributed by atoms with E-state index in [1.54, 1.807) is 4.40 Å². The van der Waals surface area contributed by atoms with Gasteiger partial charge in [-0.15, -0.1) is 0 Å². The Labute approximate surface area is 171 Å². The Bertz CT molecular complexity index is 1370. The molecule has 3 aromatic heterocycles. The zero-order valence-corrected chi connectivity index (χ0v) is 17.3. The number of rotatable bonds is 5. The van der Waals surface area contributed by atoms with Gasteiger partial charge in [0, 0.05) is 25.5 Å². The maximum atomic E-state index is 13.2. The average Bonchev–Trinajstić information content (AvgIpc) is 3.25. The largest absolute Gasteiger partial charge is 0.467 e. The van der Waals surface area contributed by atoms with E-state index in [4.69, 9.17) is 4.74 Å². The maximum absolute atomic E-state index is 13.2. The molecule has 1 aromatic carbocycles. The zero-order chi connectivity index (χ0) is 21.6. The molecular formula is C21H23N5O4. The molecular weight excluding hydrogens is 386 g/mol. The van der Waals surface area contributed by atoms with Gasteiger partial charge in [0.1, 0.15) is 6.04 Å². The Morgan fingerprint density at radius 2 is 1.90 bits per heavy atom. The van der Waals surface area contributed by atoms with E-state index in [1.807, 2.05) is 35.9 Å². The second-order valence-electron chi connectivity index (χ2n) is 7.33. The fourth-order valence-corrected chi connectivity index (χ4v) is 3.80. The number of fused-ring (bicyclic) bond motifs is 3. The van der Waals surface area contributed by atoms with Crippen LogP contribution in [0.25, 0.3) is 16.9 Å². The molecule has 0 aliphatic heterocycles. The molecule has 3 heterocycles. The first-order chi connectivity index (χ1) is 14.3. The molecule has 156 valence electrons. The highest BCUT2D eigenvalue weighted by Crippen LogP contribution is 2.17. The van der Waals surface area contributed by atoms with Crippen molar-refractivity contribution in [2.45, 2.75) is 32.9 Å². The number of carbonyl (C=O) groups excluding carboxylic acids is 1. The standard InChI is InChI=1S/C21H23N5O4/c1-13-12-25-16-17(22-20(25)24(13)11-10-15-8-6-5-7-9-15)23(3)21(29)26(18(16)27)14(2)19(28)30-4/h5-9,12,14H,10-11H2,1-4H3/t14-/m1/s1. The molecule has 0 fully saturated rings. The number of nitrogens with zero attached hydrogens (tertiary/aromatic N) is 5. The maximum Gasteiger partial charge on any atom is 0.333 e. The van der Waals surface area contributed by atoms with E-state index >= 15 is 0 Å². The number of benzene rings is 1. The van der Waals surface area contributed by atoms with Crippen molar-refractivity contribution >= 4 is 22.9 Å². The van der Waals surface area contributed by atoms with Crippen LogP contribution in [0.15, 0.2) is 46.1 Å². The molecule has 1 atom stereocenters. The van der Waals surface area contributed by atoms with Gasteiger partial charge in [0.25, 0.3) is 5.56 Å². The van der Waals surface area contributed by atoms with Crippen molar-refractivity contribution < 1.29 is 9.53 Å². The number of aryl methyl sites for hydroxylation is 4. The Kier molecular flexibility index (Phi) is 4.81. The van der Waals surface area contributed by atoms with E-state index in [0.717, 1.165) is 16.7 Å². The summed E-state index contributed by atoms with van der Waals surface area (Å²) in [7, 11) is 2.76. The van der Waals surface area contributed by atoms with Gasteiger partial charge in [0.2, 0.25) is 5.78 Å². The Morgan fingerprint density at radius 1 is 1.20 bits per heavy atom. The predicted octanol–water partition coefficient (Wildman–Crippen LogP) is 1.43. The minimum Gasteiger partial charge on any atom is -0.467 e. The van der Waals surface area contributed by atoms with Crippen molar-refractivity contribution in [3.8, 4) is 0 Å². The number of imidazole rings is 2. The topological polar surface area (TPSA) is 92.5 Å². The fourth-order valence-electron chi connectivity index (χ4n) is 3.80. The number of esters is 1. The molecule has 0 radical (unpaired) electrons. The Hall–Kier alpha value is -3.62. The summed E-state index contributed by atoms with van der Waals surface area (Å²) in [6.07, 6.45) is 2.63. The van der Waals surface area contributed by atoms with E-state index in [1.165, 1.54) is 31.2 Å². The first-order valence-corrected chi connectivity index (χ1v) is 9.66. The lowest BCUT2D eigenvalue weighted by Crippen LogP contribution is -2.43. The van der Waals surface area contributed by atoms with E-state index in [9.17, 15) is 14.4 Å². The molecule has 0 N–H and O–H groups in total. The van der Waals surface area contributed by atoms with Crippen molar-refractivity contribution in [3.63, 3.8) is 0 Å². The molecule has 0 saturated carbocycles. The predicted molar refractivity (Wildman–Crippen MR) is 112 cm³/mol. The highest BCUT2D eigenvalue weighted by Gasteiger charge is 2.25. The van der Waals surface area contributed by atoms with Crippen molar-refractivity contribution in [1.82, 2.24) is 23.1 Å². The third kappa shape index (κ3) is 2.94. The van der Waals surface area contributed by atoms with Crippen LogP contribution >= 0.6 is 0 Å². The lowest BCUT2D eigenvalue weighted by Gasteiger charge is -2.13. The summed E-state index contributed by atoms with van der Waals surface area (Å²) >= 11 is 0. The summed E-state index contributed by atoms with van der Waals surface area (Å²) in [5.74, 6) is -0.0834. The van der Waals surface area contributed by atoms with Crippen LogP contribution in [-0.2, 0) is 29.5 Å². The first-order valence-electron chi connectivity index (χ1n) is 9.66. The normalized spacial score (nSPS) is 12.5. The molecule has 0 aliphatic carbocycles. The summed E-state index contributed by atoms with van der Waals surface area (Å²) in [5, 5.41) is 0. The third-order valence-corrected chi connectivity index (χ3v) is 5.49. The lowest BCUT2D eigenvalue weighted by molar-refractivity contribution is -0.144. The highest BCUT2D eigenvalue weighted by atomic mass is 16.5. The smallest absolute Gasteiger partial charge is 0.333 e. The molecule has 0 bridgehead atoms. The number of methoxy groups -OCH3 is 1. The molecule has 9 heteroatoms.